The summed E-state index contributed by atoms with van der Waals surface area (Å²) in [7, 11) is 0. The first-order valence-corrected chi connectivity index (χ1v) is 11.5. The van der Waals surface area contributed by atoms with Gasteiger partial charge in [-0.15, -0.1) is 0 Å². The van der Waals surface area contributed by atoms with Crippen LogP contribution in [0.25, 0.3) is 38.9 Å². The minimum atomic E-state index is -0.0761. The number of hydrogen-bond donors (Lipinski definition) is 0. The Labute approximate surface area is 190 Å². The summed E-state index contributed by atoms with van der Waals surface area (Å²) in [5, 5.41) is 1.15. The summed E-state index contributed by atoms with van der Waals surface area (Å²) in [6.45, 7) is 2.85. The first kappa shape index (κ1) is 20.6. The lowest BCUT2D eigenvalue weighted by atomic mass is 10.1. The average Bonchev–Trinajstić information content (AvgIpc) is 3.13. The highest BCUT2D eigenvalue weighted by molar-refractivity contribution is 6.30. The minimum absolute atomic E-state index is 0.0761. The monoisotopic (exact) mass is 445 g/mol. The number of halogens is 1. The molecule has 0 spiro atoms. The molecule has 0 saturated carbocycles. The van der Waals surface area contributed by atoms with Gasteiger partial charge in [-0.3, -0.25) is 13.9 Å². The zero-order valence-corrected chi connectivity index (χ0v) is 18.7. The van der Waals surface area contributed by atoms with Crippen LogP contribution in [0.5, 0.6) is 0 Å². The second kappa shape index (κ2) is 8.71. The van der Waals surface area contributed by atoms with Crippen LogP contribution in [0.15, 0.2) is 59.7 Å². The first-order valence-electron chi connectivity index (χ1n) is 11.1. The van der Waals surface area contributed by atoms with Crippen LogP contribution in [0.4, 0.5) is 0 Å². The highest BCUT2D eigenvalue weighted by Crippen LogP contribution is 2.28. The molecule has 0 aliphatic heterocycles. The van der Waals surface area contributed by atoms with E-state index in [0.29, 0.717) is 33.8 Å². The van der Waals surface area contributed by atoms with Crippen molar-refractivity contribution in [3.8, 4) is 5.69 Å². The van der Waals surface area contributed by atoms with Crippen molar-refractivity contribution >= 4 is 44.8 Å². The van der Waals surface area contributed by atoms with E-state index < -0.39 is 0 Å². The van der Waals surface area contributed by atoms with E-state index in [1.807, 2.05) is 53.1 Å². The van der Waals surface area contributed by atoms with Crippen molar-refractivity contribution in [1.82, 2.24) is 24.1 Å². The average molecular weight is 446 g/mol. The summed E-state index contributed by atoms with van der Waals surface area (Å²) < 4.78 is 3.60. The van der Waals surface area contributed by atoms with Gasteiger partial charge < -0.3 is 0 Å². The van der Waals surface area contributed by atoms with Gasteiger partial charge >= 0.3 is 0 Å². The molecule has 32 heavy (non-hydrogen) atoms. The van der Waals surface area contributed by atoms with E-state index in [4.69, 9.17) is 26.6 Å². The predicted octanol–water partition coefficient (Wildman–Crippen LogP) is 5.91. The highest BCUT2D eigenvalue weighted by Gasteiger charge is 2.20. The standard InChI is InChI=1S/C25H24ClN5O/c1-2-3-4-5-8-15-30-16-27-23-21(25(30)32)22-24(29-20-10-7-6-9-19(20)28-22)31(23)18-13-11-17(26)12-14-18/h6-7,9-14,16H,2-5,8,15H2,1H3. The van der Waals surface area contributed by atoms with Crippen molar-refractivity contribution < 1.29 is 0 Å². The fourth-order valence-corrected chi connectivity index (χ4v) is 4.28. The molecule has 5 rings (SSSR count). The third-order valence-electron chi connectivity index (χ3n) is 5.82. The van der Waals surface area contributed by atoms with E-state index in [9.17, 15) is 4.79 Å². The highest BCUT2D eigenvalue weighted by atomic mass is 35.5. The molecule has 0 saturated heterocycles. The van der Waals surface area contributed by atoms with Crippen LogP contribution in [-0.2, 0) is 6.54 Å². The molecule has 0 aliphatic rings. The molecule has 6 nitrogen and oxygen atoms in total. The smallest absolute Gasteiger partial charge is 0.265 e. The quantitative estimate of drug-likeness (QED) is 0.292. The molecule has 2 aromatic carbocycles. The first-order chi connectivity index (χ1) is 15.7. The molecule has 7 heteroatoms. The van der Waals surface area contributed by atoms with Crippen molar-refractivity contribution in [3.05, 3.63) is 70.2 Å². The molecule has 5 aromatic rings. The normalized spacial score (nSPS) is 11.7. The van der Waals surface area contributed by atoms with Crippen molar-refractivity contribution in [1.29, 1.82) is 0 Å². The van der Waals surface area contributed by atoms with E-state index >= 15 is 0 Å². The number of nitrogens with zero attached hydrogens (tertiary/aromatic N) is 5. The largest absolute Gasteiger partial charge is 0.299 e. The van der Waals surface area contributed by atoms with E-state index in [-0.39, 0.29) is 5.56 Å². The molecule has 0 N–H and O–H groups in total. The molecule has 0 radical (unpaired) electrons. The lowest BCUT2D eigenvalue weighted by Crippen LogP contribution is -2.20. The third-order valence-corrected chi connectivity index (χ3v) is 6.07. The molecule has 3 aromatic heterocycles. The van der Waals surface area contributed by atoms with Crippen LogP contribution in [0, 0.1) is 0 Å². The number of aryl methyl sites for hydroxylation is 1. The Morgan fingerprint density at radius 3 is 2.34 bits per heavy atom. The van der Waals surface area contributed by atoms with Gasteiger partial charge in [0.25, 0.3) is 5.56 Å². The number of hydrogen-bond acceptors (Lipinski definition) is 4. The lowest BCUT2D eigenvalue weighted by molar-refractivity contribution is 0.556. The Morgan fingerprint density at radius 1 is 0.875 bits per heavy atom. The van der Waals surface area contributed by atoms with Gasteiger partial charge in [-0.2, -0.15) is 0 Å². The lowest BCUT2D eigenvalue weighted by Gasteiger charge is -2.08. The molecule has 0 fully saturated rings. The number of para-hydroxylation sites is 2. The van der Waals surface area contributed by atoms with Crippen LogP contribution in [0.1, 0.15) is 39.0 Å². The van der Waals surface area contributed by atoms with Crippen LogP contribution in [0.3, 0.4) is 0 Å². The maximum atomic E-state index is 13.5. The summed E-state index contributed by atoms with van der Waals surface area (Å²) >= 11 is 6.11. The third kappa shape index (κ3) is 3.65. The second-order valence-corrected chi connectivity index (χ2v) is 8.49. The maximum Gasteiger partial charge on any atom is 0.265 e. The van der Waals surface area contributed by atoms with Gasteiger partial charge in [-0.05, 0) is 42.8 Å². The van der Waals surface area contributed by atoms with Gasteiger partial charge in [0.1, 0.15) is 10.9 Å². The Kier molecular flexibility index (Phi) is 5.62. The molecule has 0 bridgehead atoms. The van der Waals surface area contributed by atoms with Crippen molar-refractivity contribution in [3.63, 3.8) is 0 Å². The van der Waals surface area contributed by atoms with Gasteiger partial charge in [0.15, 0.2) is 11.3 Å². The van der Waals surface area contributed by atoms with E-state index in [1.165, 1.54) is 19.3 Å². The summed E-state index contributed by atoms with van der Waals surface area (Å²) in [6.07, 6.45) is 7.32. The number of rotatable bonds is 7. The van der Waals surface area contributed by atoms with E-state index in [2.05, 4.69) is 6.92 Å². The van der Waals surface area contributed by atoms with Gasteiger partial charge in [-0.25, -0.2) is 15.0 Å². The number of unbranched alkanes of at least 4 members (excludes halogenated alkanes) is 4. The summed E-state index contributed by atoms with van der Waals surface area (Å²) in [5.41, 5.74) is 4.04. The van der Waals surface area contributed by atoms with Gasteiger partial charge in [0.05, 0.1) is 17.4 Å². The Morgan fingerprint density at radius 2 is 1.59 bits per heavy atom. The number of benzene rings is 2. The fraction of sp³-hybridized carbons (Fsp3) is 0.280. The Bertz CT molecular complexity index is 1470. The SMILES string of the molecule is CCCCCCCn1cnc2c(c1=O)c1nc3ccccc3nc1n2-c1ccc(Cl)cc1. The van der Waals surface area contributed by atoms with Crippen molar-refractivity contribution in [2.45, 2.75) is 45.6 Å². The van der Waals surface area contributed by atoms with Crippen LogP contribution in [0.2, 0.25) is 5.02 Å². The van der Waals surface area contributed by atoms with Crippen molar-refractivity contribution in [2.24, 2.45) is 0 Å². The summed E-state index contributed by atoms with van der Waals surface area (Å²) in [4.78, 5) is 27.9. The van der Waals surface area contributed by atoms with E-state index in [1.54, 1.807) is 10.9 Å². The topological polar surface area (TPSA) is 65.6 Å². The molecule has 0 aliphatic carbocycles. The molecule has 3 heterocycles. The molecule has 0 atom stereocenters. The zero-order valence-electron chi connectivity index (χ0n) is 18.0. The molecule has 162 valence electrons. The maximum absolute atomic E-state index is 13.5. The van der Waals surface area contributed by atoms with Crippen LogP contribution in [-0.4, -0.2) is 24.1 Å². The zero-order chi connectivity index (χ0) is 22.1. The van der Waals surface area contributed by atoms with Crippen LogP contribution < -0.4 is 5.56 Å². The van der Waals surface area contributed by atoms with Crippen LogP contribution >= 0.6 is 11.6 Å². The Hall–Kier alpha value is -3.25. The van der Waals surface area contributed by atoms with Gasteiger partial charge in [-0.1, -0.05) is 56.3 Å². The summed E-state index contributed by atoms with van der Waals surface area (Å²) in [6, 6.07) is 15.1. The fourth-order valence-electron chi connectivity index (χ4n) is 4.15. The van der Waals surface area contributed by atoms with E-state index in [0.717, 1.165) is 29.6 Å². The number of fused-ring (bicyclic) bond motifs is 4. The van der Waals surface area contributed by atoms with Gasteiger partial charge in [0, 0.05) is 17.3 Å². The van der Waals surface area contributed by atoms with Gasteiger partial charge in [0.2, 0.25) is 0 Å². The van der Waals surface area contributed by atoms with Crippen molar-refractivity contribution in [2.75, 3.05) is 0 Å². The summed E-state index contributed by atoms with van der Waals surface area (Å²) in [5.74, 6) is 0. The molecular formula is C25H24ClN5O. The predicted molar refractivity (Wildman–Crippen MR) is 130 cm³/mol. The minimum Gasteiger partial charge on any atom is -0.299 e. The number of aromatic nitrogens is 5. The molecule has 0 amide bonds. The Balaban J connectivity index is 1.72. The molecule has 0 unspecified atom stereocenters. The second-order valence-electron chi connectivity index (χ2n) is 8.05. The molecular weight excluding hydrogens is 422 g/mol.